The Morgan fingerprint density at radius 3 is 2.20 bits per heavy atom. The van der Waals surface area contributed by atoms with Crippen LogP contribution >= 0.6 is 0 Å². The number of hydrogen-bond donors (Lipinski definition) is 0. The van der Waals surface area contributed by atoms with Gasteiger partial charge in [-0.05, 0) is 40.0 Å². The number of fused-ring (bicyclic) bond motifs is 1. The summed E-state index contributed by atoms with van der Waals surface area (Å²) < 4.78 is 73.4. The summed E-state index contributed by atoms with van der Waals surface area (Å²) in [6.45, 7) is 9.22. The van der Waals surface area contributed by atoms with Crippen molar-refractivity contribution in [3.63, 3.8) is 0 Å². The number of carbonyl (C=O) groups is 1. The monoisotopic (exact) mass is 455 g/mol. The van der Waals surface area contributed by atoms with E-state index in [1.165, 1.54) is 9.58 Å². The molecule has 8 nitrogen and oxygen atoms in total. The van der Waals surface area contributed by atoms with Crippen LogP contribution in [-0.2, 0) is 27.7 Å². The Labute approximate surface area is 174 Å². The van der Waals surface area contributed by atoms with Gasteiger partial charge in [-0.15, -0.1) is 0 Å². The van der Waals surface area contributed by atoms with Gasteiger partial charge in [-0.2, -0.15) is 26.7 Å². The average molecular weight is 455 g/mol. The molecule has 0 spiro atoms. The lowest BCUT2D eigenvalue weighted by Crippen LogP contribution is -2.38. The average Bonchev–Trinajstić information content (AvgIpc) is 2.78. The summed E-state index contributed by atoms with van der Waals surface area (Å²) in [6.07, 6.45) is 0.847. The number of ether oxygens (including phenoxy) is 1. The zero-order chi connectivity index (χ0) is 22.9. The normalized spacial score (nSPS) is 15.7. The van der Waals surface area contributed by atoms with Crippen LogP contribution in [0.3, 0.4) is 0 Å². The fourth-order valence-electron chi connectivity index (χ4n) is 3.18. The van der Waals surface area contributed by atoms with E-state index in [-0.39, 0.29) is 37.5 Å². The van der Waals surface area contributed by atoms with Gasteiger partial charge in [0.05, 0.1) is 11.7 Å². The molecule has 1 amide bonds. The molecule has 30 heavy (non-hydrogen) atoms. The van der Waals surface area contributed by atoms with E-state index in [9.17, 15) is 26.4 Å². The SMILES string of the molecule is CCC(CC)n1nc2c(c1OS(=O)(=O)C(F)(F)F)CCN(C(=O)OC(C)(C)C)CC2. The third kappa shape index (κ3) is 5.38. The summed E-state index contributed by atoms with van der Waals surface area (Å²) >= 11 is 0. The van der Waals surface area contributed by atoms with E-state index in [0.29, 0.717) is 18.5 Å². The van der Waals surface area contributed by atoms with Crippen molar-refractivity contribution in [3.8, 4) is 5.88 Å². The molecule has 0 fully saturated rings. The molecule has 1 aromatic heterocycles. The highest BCUT2D eigenvalue weighted by atomic mass is 32.2. The third-order valence-corrected chi connectivity index (χ3v) is 5.65. The van der Waals surface area contributed by atoms with E-state index in [1.54, 1.807) is 20.8 Å². The minimum atomic E-state index is -5.86. The fourth-order valence-corrected chi connectivity index (χ4v) is 3.66. The van der Waals surface area contributed by atoms with E-state index in [0.717, 1.165) is 0 Å². The van der Waals surface area contributed by atoms with Crippen molar-refractivity contribution in [1.29, 1.82) is 0 Å². The van der Waals surface area contributed by atoms with Crippen LogP contribution in [0.2, 0.25) is 0 Å². The maximum atomic E-state index is 12.9. The second kappa shape index (κ2) is 8.64. The smallest absolute Gasteiger partial charge is 0.444 e. The highest BCUT2D eigenvalue weighted by Crippen LogP contribution is 2.35. The first kappa shape index (κ1) is 24.3. The number of hydrogen-bond acceptors (Lipinski definition) is 6. The molecule has 12 heteroatoms. The summed E-state index contributed by atoms with van der Waals surface area (Å²) in [5.41, 5.74) is -5.57. The summed E-state index contributed by atoms with van der Waals surface area (Å²) in [5.74, 6) is -0.429. The third-order valence-electron chi connectivity index (χ3n) is 4.71. The summed E-state index contributed by atoms with van der Waals surface area (Å²) in [4.78, 5) is 13.8. The van der Waals surface area contributed by atoms with Crippen LogP contribution in [-0.4, -0.2) is 53.4 Å². The maximum absolute atomic E-state index is 12.9. The summed E-state index contributed by atoms with van der Waals surface area (Å²) in [7, 11) is -5.86. The standard InChI is InChI=1S/C18H28F3N3O5S/c1-6-12(7-2)24-15(29-30(26,27)18(19,20)21)13-8-10-23(11-9-14(13)22-24)16(25)28-17(3,4)5/h12H,6-11H2,1-5H3. The molecule has 0 unspecified atom stereocenters. The first-order chi connectivity index (χ1) is 13.7. The molecule has 0 saturated heterocycles. The van der Waals surface area contributed by atoms with Crippen LogP contribution in [0.25, 0.3) is 0 Å². The highest BCUT2D eigenvalue weighted by molar-refractivity contribution is 7.87. The number of carbonyl (C=O) groups excluding carboxylic acids is 1. The van der Waals surface area contributed by atoms with Crippen LogP contribution < -0.4 is 4.18 Å². The molecule has 1 aliphatic rings. The van der Waals surface area contributed by atoms with Gasteiger partial charge < -0.3 is 13.8 Å². The minimum Gasteiger partial charge on any atom is -0.444 e. The Hall–Kier alpha value is -1.98. The van der Waals surface area contributed by atoms with Gasteiger partial charge in [0.25, 0.3) is 0 Å². The first-order valence-corrected chi connectivity index (χ1v) is 11.2. The minimum absolute atomic E-state index is 0.0947. The van der Waals surface area contributed by atoms with Crippen LogP contribution in [0.5, 0.6) is 5.88 Å². The Morgan fingerprint density at radius 1 is 1.13 bits per heavy atom. The first-order valence-electron chi connectivity index (χ1n) is 9.79. The lowest BCUT2D eigenvalue weighted by atomic mass is 10.1. The van der Waals surface area contributed by atoms with Crippen molar-refractivity contribution in [2.24, 2.45) is 0 Å². The lowest BCUT2D eigenvalue weighted by Gasteiger charge is -2.26. The molecule has 0 atom stereocenters. The van der Waals surface area contributed by atoms with Gasteiger partial charge in [0.2, 0.25) is 5.88 Å². The van der Waals surface area contributed by atoms with Crippen LogP contribution in [0.15, 0.2) is 0 Å². The van der Waals surface area contributed by atoms with Crippen LogP contribution in [0, 0.1) is 0 Å². The summed E-state index contributed by atoms with van der Waals surface area (Å²) in [5, 5.41) is 4.37. The number of rotatable bonds is 5. The Kier molecular flexibility index (Phi) is 6.99. The van der Waals surface area contributed by atoms with Crippen molar-refractivity contribution < 1.29 is 35.3 Å². The van der Waals surface area contributed by atoms with E-state index >= 15 is 0 Å². The lowest BCUT2D eigenvalue weighted by molar-refractivity contribution is -0.0503. The van der Waals surface area contributed by atoms with Gasteiger partial charge in [-0.25, -0.2) is 9.48 Å². The second-order valence-corrected chi connectivity index (χ2v) is 9.63. The largest absolute Gasteiger partial charge is 0.534 e. The number of aromatic nitrogens is 2. The molecule has 2 heterocycles. The van der Waals surface area contributed by atoms with Crippen LogP contribution in [0.4, 0.5) is 18.0 Å². The van der Waals surface area contributed by atoms with Crippen molar-refractivity contribution in [3.05, 3.63) is 11.3 Å². The number of amides is 1. The molecule has 0 bridgehead atoms. The molecule has 0 radical (unpaired) electrons. The second-order valence-electron chi connectivity index (χ2n) is 8.10. The van der Waals surface area contributed by atoms with Gasteiger partial charge in [-0.3, -0.25) is 0 Å². The molecule has 172 valence electrons. The molecule has 0 aromatic carbocycles. The van der Waals surface area contributed by atoms with Gasteiger partial charge in [0.15, 0.2) is 0 Å². The predicted octanol–water partition coefficient (Wildman–Crippen LogP) is 3.81. The Bertz CT molecular complexity index is 871. The number of nitrogens with zero attached hydrogens (tertiary/aromatic N) is 3. The molecular formula is C18H28F3N3O5S. The van der Waals surface area contributed by atoms with E-state index in [4.69, 9.17) is 4.74 Å². The van der Waals surface area contributed by atoms with Gasteiger partial charge in [-0.1, -0.05) is 13.8 Å². The van der Waals surface area contributed by atoms with Gasteiger partial charge >= 0.3 is 21.7 Å². The van der Waals surface area contributed by atoms with Crippen LogP contribution in [0.1, 0.15) is 64.8 Å². The predicted molar refractivity (Wildman–Crippen MR) is 103 cm³/mol. The van der Waals surface area contributed by atoms with E-state index in [1.807, 2.05) is 13.8 Å². The molecule has 2 rings (SSSR count). The zero-order valence-electron chi connectivity index (χ0n) is 17.7. The van der Waals surface area contributed by atoms with E-state index in [2.05, 4.69) is 9.28 Å². The van der Waals surface area contributed by atoms with Gasteiger partial charge in [0, 0.05) is 25.1 Å². The molecule has 1 aliphatic heterocycles. The molecule has 0 saturated carbocycles. The zero-order valence-corrected chi connectivity index (χ0v) is 18.6. The Morgan fingerprint density at radius 2 is 1.70 bits per heavy atom. The molecule has 0 N–H and O–H groups in total. The van der Waals surface area contributed by atoms with Gasteiger partial charge in [0.1, 0.15) is 5.60 Å². The van der Waals surface area contributed by atoms with Crippen molar-refractivity contribution in [2.75, 3.05) is 13.1 Å². The van der Waals surface area contributed by atoms with Crippen molar-refractivity contribution in [2.45, 2.75) is 77.5 Å². The molecule has 0 aliphatic carbocycles. The highest BCUT2D eigenvalue weighted by Gasteiger charge is 2.49. The van der Waals surface area contributed by atoms with E-state index < -0.39 is 33.2 Å². The van der Waals surface area contributed by atoms with Crippen molar-refractivity contribution in [1.82, 2.24) is 14.7 Å². The molecule has 1 aromatic rings. The molecular weight excluding hydrogens is 427 g/mol. The summed E-state index contributed by atoms with van der Waals surface area (Å²) in [6, 6.07) is -0.322. The van der Waals surface area contributed by atoms with Crippen molar-refractivity contribution >= 4 is 16.2 Å². The topological polar surface area (TPSA) is 90.7 Å². The quantitative estimate of drug-likeness (QED) is 0.495. The number of halogens is 3. The maximum Gasteiger partial charge on any atom is 0.534 e. The fraction of sp³-hybridized carbons (Fsp3) is 0.778. The number of alkyl halides is 3. The Balaban J connectivity index is 2.40.